The Morgan fingerprint density at radius 2 is 1.73 bits per heavy atom. The van der Waals surface area contributed by atoms with Crippen LogP contribution in [-0.4, -0.2) is 11.6 Å². The summed E-state index contributed by atoms with van der Waals surface area (Å²) in [6.07, 6.45) is 1.18. The van der Waals surface area contributed by atoms with E-state index in [0.29, 0.717) is 6.42 Å². The van der Waals surface area contributed by atoms with Crippen LogP contribution in [0.4, 0.5) is 0 Å². The number of Topliss-reactive ketones (excluding diaryl/α,β-unsaturated/α-hetero) is 2. The van der Waals surface area contributed by atoms with Crippen LogP contribution < -0.4 is 0 Å². The Hall–Kier alpha value is 0.0543. The van der Waals surface area contributed by atoms with Crippen LogP contribution in [0.25, 0.3) is 0 Å². The van der Waals surface area contributed by atoms with E-state index in [9.17, 15) is 9.59 Å². The van der Waals surface area contributed by atoms with Gasteiger partial charge < -0.3 is 4.79 Å². The average molecular weight is 190 g/mol. The molecule has 2 nitrogen and oxygen atoms in total. The molecule has 0 aromatic carbocycles. The van der Waals surface area contributed by atoms with Gasteiger partial charge in [0.05, 0.1) is 0 Å². The van der Waals surface area contributed by atoms with Crippen LogP contribution in [0.5, 0.6) is 0 Å². The molecule has 0 spiro atoms. The second-order valence-corrected chi connectivity index (χ2v) is 2.62. The Morgan fingerprint density at radius 1 is 1.27 bits per heavy atom. The molecular weight excluding hydrogens is 176 g/mol. The van der Waals surface area contributed by atoms with Crippen molar-refractivity contribution in [3.8, 4) is 0 Å². The number of ketones is 2. The largest absolute Gasteiger partial charge is 0.300 e. The molecule has 0 aliphatic rings. The molecule has 0 amide bonds. The van der Waals surface area contributed by atoms with Crippen molar-refractivity contribution in [3.63, 3.8) is 0 Å². The fourth-order valence-electron chi connectivity index (χ4n) is 0.923. The number of hydrogen-bond donors (Lipinski definition) is 0. The van der Waals surface area contributed by atoms with Gasteiger partial charge in [0.25, 0.3) is 0 Å². The molecule has 3 heteroatoms. The summed E-state index contributed by atoms with van der Waals surface area (Å²) in [7, 11) is 0. The van der Waals surface area contributed by atoms with Crippen molar-refractivity contribution in [2.75, 3.05) is 0 Å². The van der Waals surface area contributed by atoms with Crippen LogP contribution in [0.1, 0.15) is 33.6 Å². The molecule has 0 fully saturated rings. The van der Waals surface area contributed by atoms with Crippen LogP contribution in [0.15, 0.2) is 0 Å². The normalized spacial score (nSPS) is 11.5. The van der Waals surface area contributed by atoms with E-state index in [1.807, 2.05) is 6.92 Å². The van der Waals surface area contributed by atoms with Crippen LogP contribution in [0.3, 0.4) is 0 Å². The first kappa shape index (κ1) is 13.6. The molecule has 0 N–H and O–H groups in total. The second kappa shape index (κ2) is 6.75. The third-order valence-corrected chi connectivity index (χ3v) is 1.60. The van der Waals surface area contributed by atoms with Gasteiger partial charge in [-0.3, -0.25) is 4.79 Å². The minimum absolute atomic E-state index is 0. The molecule has 0 aliphatic carbocycles. The third-order valence-electron chi connectivity index (χ3n) is 1.60. The molecule has 1 atom stereocenters. The molecule has 11 heavy (non-hydrogen) atoms. The molecular formula is C8H14O2Ti. The van der Waals surface area contributed by atoms with E-state index in [4.69, 9.17) is 0 Å². The Kier molecular flexibility index (Phi) is 8.36. The predicted molar refractivity (Wildman–Crippen MR) is 39.8 cm³/mol. The van der Waals surface area contributed by atoms with Gasteiger partial charge in [0.2, 0.25) is 0 Å². The van der Waals surface area contributed by atoms with Gasteiger partial charge in [0.15, 0.2) is 0 Å². The third kappa shape index (κ3) is 6.45. The quantitative estimate of drug-likeness (QED) is 0.630. The maximum Gasteiger partial charge on any atom is 0.133 e. The second-order valence-electron chi connectivity index (χ2n) is 2.62. The van der Waals surface area contributed by atoms with E-state index in [1.165, 1.54) is 13.8 Å². The molecule has 0 aliphatic heterocycles. The maximum absolute atomic E-state index is 10.8. The Labute approximate surface area is 82.6 Å². The summed E-state index contributed by atoms with van der Waals surface area (Å²) in [5.74, 6) is 0.178. The molecule has 0 heterocycles. The topological polar surface area (TPSA) is 34.1 Å². The van der Waals surface area contributed by atoms with Crippen LogP contribution in [0.2, 0.25) is 0 Å². The van der Waals surface area contributed by atoms with Gasteiger partial charge in [0, 0.05) is 34.1 Å². The average Bonchev–Trinajstić information content (AvgIpc) is 1.81. The van der Waals surface area contributed by atoms with E-state index in [0.717, 1.165) is 6.42 Å². The maximum atomic E-state index is 10.8. The summed E-state index contributed by atoms with van der Waals surface area (Å²) < 4.78 is 0. The molecule has 1 unspecified atom stereocenters. The van der Waals surface area contributed by atoms with Crippen molar-refractivity contribution in [2.45, 2.75) is 33.6 Å². The van der Waals surface area contributed by atoms with E-state index >= 15 is 0 Å². The number of hydrogen-bond acceptors (Lipinski definition) is 2. The SMILES string of the molecule is CCC(CC(C)=O)C(C)=O.[Ti]. The smallest absolute Gasteiger partial charge is 0.133 e. The van der Waals surface area contributed by atoms with Crippen molar-refractivity contribution in [1.29, 1.82) is 0 Å². The minimum Gasteiger partial charge on any atom is -0.300 e. The summed E-state index contributed by atoms with van der Waals surface area (Å²) in [6, 6.07) is 0. The van der Waals surface area contributed by atoms with Gasteiger partial charge in [0.1, 0.15) is 11.6 Å². The summed E-state index contributed by atoms with van der Waals surface area (Å²) in [5, 5.41) is 0. The van der Waals surface area contributed by atoms with Gasteiger partial charge >= 0.3 is 0 Å². The first-order valence-electron chi connectivity index (χ1n) is 3.57. The zero-order valence-electron chi connectivity index (χ0n) is 7.31. The monoisotopic (exact) mass is 190 g/mol. The first-order chi connectivity index (χ1) is 4.57. The zero-order chi connectivity index (χ0) is 8.15. The van der Waals surface area contributed by atoms with Gasteiger partial charge in [-0.05, 0) is 20.3 Å². The fraction of sp³-hybridized carbons (Fsp3) is 0.750. The zero-order valence-corrected chi connectivity index (χ0v) is 8.87. The molecule has 62 valence electrons. The van der Waals surface area contributed by atoms with E-state index < -0.39 is 0 Å². The van der Waals surface area contributed by atoms with Crippen molar-refractivity contribution in [2.24, 2.45) is 5.92 Å². The Morgan fingerprint density at radius 3 is 1.82 bits per heavy atom. The molecule has 0 radical (unpaired) electrons. The van der Waals surface area contributed by atoms with Gasteiger partial charge in [-0.15, -0.1) is 0 Å². The van der Waals surface area contributed by atoms with Crippen molar-refractivity contribution >= 4 is 11.6 Å². The molecule has 0 bridgehead atoms. The van der Waals surface area contributed by atoms with Gasteiger partial charge in [-0.25, -0.2) is 0 Å². The minimum atomic E-state index is -0.0440. The van der Waals surface area contributed by atoms with Crippen LogP contribution in [0, 0.1) is 5.92 Å². The molecule has 0 saturated carbocycles. The summed E-state index contributed by atoms with van der Waals surface area (Å²) in [4.78, 5) is 21.3. The van der Waals surface area contributed by atoms with Crippen molar-refractivity contribution in [1.82, 2.24) is 0 Å². The fourth-order valence-corrected chi connectivity index (χ4v) is 0.923. The van der Waals surface area contributed by atoms with Crippen LogP contribution in [-0.2, 0) is 31.3 Å². The van der Waals surface area contributed by atoms with Crippen molar-refractivity contribution in [3.05, 3.63) is 0 Å². The standard InChI is InChI=1S/C8H14O2.Ti/c1-4-8(7(3)10)5-6(2)9;/h8H,4-5H2,1-3H3;. The van der Waals surface area contributed by atoms with Gasteiger partial charge in [-0.1, -0.05) is 6.92 Å². The number of carbonyl (C=O) groups excluding carboxylic acids is 2. The first-order valence-corrected chi connectivity index (χ1v) is 3.57. The number of carbonyl (C=O) groups is 2. The van der Waals surface area contributed by atoms with E-state index in [-0.39, 0.29) is 39.2 Å². The number of rotatable bonds is 4. The molecule has 0 rings (SSSR count). The molecule has 0 saturated heterocycles. The molecule has 0 aromatic rings. The van der Waals surface area contributed by atoms with Crippen molar-refractivity contribution < 1.29 is 31.3 Å². The predicted octanol–water partition coefficient (Wildman–Crippen LogP) is 1.58. The van der Waals surface area contributed by atoms with Gasteiger partial charge in [-0.2, -0.15) is 0 Å². The summed E-state index contributed by atoms with van der Waals surface area (Å²) >= 11 is 0. The van der Waals surface area contributed by atoms with Crippen LogP contribution >= 0.6 is 0 Å². The Balaban J connectivity index is 0. The Bertz CT molecular complexity index is 143. The molecule has 0 aromatic heterocycles. The summed E-state index contributed by atoms with van der Waals surface area (Å²) in [5.41, 5.74) is 0. The van der Waals surface area contributed by atoms with E-state index in [2.05, 4.69) is 0 Å². The van der Waals surface area contributed by atoms with E-state index in [1.54, 1.807) is 0 Å². The summed E-state index contributed by atoms with van der Waals surface area (Å²) in [6.45, 7) is 4.98.